The van der Waals surface area contributed by atoms with Gasteiger partial charge in [-0.25, -0.2) is 4.39 Å². The molecule has 6 nitrogen and oxygen atoms in total. The molecule has 1 heterocycles. The molecule has 2 N–H and O–H groups in total. The lowest BCUT2D eigenvalue weighted by Crippen LogP contribution is -2.42. The predicted molar refractivity (Wildman–Crippen MR) is 122 cm³/mol. The Kier molecular flexibility index (Phi) is 9.71. The number of hydrogen-bond donors (Lipinski definition) is 2. The van der Waals surface area contributed by atoms with E-state index in [-0.39, 0.29) is 41.6 Å². The molecule has 28 heavy (non-hydrogen) atoms. The van der Waals surface area contributed by atoms with E-state index < -0.39 is 0 Å². The molecule has 0 aliphatic heterocycles. The van der Waals surface area contributed by atoms with Gasteiger partial charge in [0.05, 0.1) is 12.3 Å². The molecule has 1 aromatic carbocycles. The third-order valence-electron chi connectivity index (χ3n) is 4.53. The van der Waals surface area contributed by atoms with Crippen molar-refractivity contribution in [1.82, 2.24) is 20.4 Å². The Labute approximate surface area is 184 Å². The molecular formula is C20H31FIN5O. The van der Waals surface area contributed by atoms with Gasteiger partial charge in [-0.15, -0.1) is 24.0 Å². The van der Waals surface area contributed by atoms with Crippen molar-refractivity contribution in [1.29, 1.82) is 0 Å². The highest BCUT2D eigenvalue weighted by molar-refractivity contribution is 14.0. The lowest BCUT2D eigenvalue weighted by Gasteiger charge is -2.18. The largest absolute Gasteiger partial charge is 0.491 e. The highest BCUT2D eigenvalue weighted by Crippen LogP contribution is 2.18. The second-order valence-corrected chi connectivity index (χ2v) is 6.65. The molecule has 1 atom stereocenters. The molecule has 0 saturated heterocycles. The number of nitrogens with zero attached hydrogens (tertiary/aromatic N) is 3. The normalized spacial score (nSPS) is 12.3. The molecule has 1 unspecified atom stereocenters. The first-order chi connectivity index (χ1) is 12.8. The van der Waals surface area contributed by atoms with Crippen molar-refractivity contribution in [3.8, 4) is 5.75 Å². The molecule has 0 aliphatic rings. The summed E-state index contributed by atoms with van der Waals surface area (Å²) in [6.07, 6.45) is 0.851. The van der Waals surface area contributed by atoms with Gasteiger partial charge in [0.1, 0.15) is 0 Å². The summed E-state index contributed by atoms with van der Waals surface area (Å²) in [7, 11) is 3.68. The topological polar surface area (TPSA) is 63.5 Å². The molecule has 2 rings (SSSR count). The van der Waals surface area contributed by atoms with Crippen molar-refractivity contribution < 1.29 is 9.13 Å². The summed E-state index contributed by atoms with van der Waals surface area (Å²) < 4.78 is 21.1. The second kappa shape index (κ2) is 11.2. The second-order valence-electron chi connectivity index (χ2n) is 6.65. The van der Waals surface area contributed by atoms with Crippen LogP contribution in [0.1, 0.15) is 36.4 Å². The van der Waals surface area contributed by atoms with Gasteiger partial charge in [-0.1, -0.05) is 6.07 Å². The maximum atomic E-state index is 14.0. The number of halogens is 2. The number of aromatic nitrogens is 2. The van der Waals surface area contributed by atoms with Gasteiger partial charge in [0, 0.05) is 32.4 Å². The van der Waals surface area contributed by atoms with E-state index in [9.17, 15) is 4.39 Å². The number of ether oxygens (including phenoxy) is 1. The van der Waals surface area contributed by atoms with E-state index in [0.717, 1.165) is 17.7 Å². The maximum absolute atomic E-state index is 14.0. The fourth-order valence-corrected chi connectivity index (χ4v) is 3.01. The number of benzene rings is 1. The summed E-state index contributed by atoms with van der Waals surface area (Å²) >= 11 is 0. The summed E-state index contributed by atoms with van der Waals surface area (Å²) in [5.74, 6) is 0.602. The molecule has 1 aromatic heterocycles. The molecule has 0 bridgehead atoms. The van der Waals surface area contributed by atoms with Crippen molar-refractivity contribution in [3.05, 3.63) is 46.5 Å². The van der Waals surface area contributed by atoms with Crippen LogP contribution in [-0.2, 0) is 20.0 Å². The quantitative estimate of drug-likeness (QED) is 0.345. The summed E-state index contributed by atoms with van der Waals surface area (Å²) in [6, 6.07) is 5.16. The van der Waals surface area contributed by atoms with E-state index in [1.807, 2.05) is 31.6 Å². The number of hydrogen-bond acceptors (Lipinski definition) is 3. The number of aliphatic imine (C=N–C) groups is 1. The van der Waals surface area contributed by atoms with Crippen LogP contribution in [0, 0.1) is 19.7 Å². The average Bonchev–Trinajstić information content (AvgIpc) is 2.87. The van der Waals surface area contributed by atoms with E-state index in [0.29, 0.717) is 19.1 Å². The van der Waals surface area contributed by atoms with Gasteiger partial charge in [0.25, 0.3) is 0 Å². The third kappa shape index (κ3) is 6.35. The standard InChI is InChI=1S/C20H30FN5O.HI/c1-7-27-19-9-8-16(11-18(19)21)12-23-20(22-5)24-13(2)10-17-14(3)25-26(6)15(17)4;/h8-9,11,13H,7,10,12H2,1-6H3,(H2,22,23,24);1H. The molecule has 156 valence electrons. The summed E-state index contributed by atoms with van der Waals surface area (Å²) in [6.45, 7) is 8.97. The minimum Gasteiger partial charge on any atom is -0.491 e. The van der Waals surface area contributed by atoms with Crippen LogP contribution in [0.25, 0.3) is 0 Å². The SMILES string of the molecule is CCOc1ccc(CNC(=NC)NC(C)Cc2c(C)nn(C)c2C)cc1F.I. The van der Waals surface area contributed by atoms with Crippen molar-refractivity contribution in [3.63, 3.8) is 0 Å². The molecular weight excluding hydrogens is 472 g/mol. The van der Waals surface area contributed by atoms with Gasteiger partial charge in [-0.2, -0.15) is 5.10 Å². The van der Waals surface area contributed by atoms with Crippen LogP contribution in [0.3, 0.4) is 0 Å². The summed E-state index contributed by atoms with van der Waals surface area (Å²) in [4.78, 5) is 4.26. The fraction of sp³-hybridized carbons (Fsp3) is 0.500. The van der Waals surface area contributed by atoms with Gasteiger partial charge >= 0.3 is 0 Å². The Hall–Kier alpha value is -1.84. The molecule has 8 heteroatoms. The first-order valence-corrected chi connectivity index (χ1v) is 9.23. The van der Waals surface area contributed by atoms with Crippen LogP contribution in [0.4, 0.5) is 4.39 Å². The summed E-state index contributed by atoms with van der Waals surface area (Å²) in [5, 5.41) is 11.1. The van der Waals surface area contributed by atoms with Crippen LogP contribution < -0.4 is 15.4 Å². The molecule has 0 saturated carbocycles. The van der Waals surface area contributed by atoms with E-state index in [4.69, 9.17) is 4.74 Å². The highest BCUT2D eigenvalue weighted by atomic mass is 127. The van der Waals surface area contributed by atoms with E-state index in [1.165, 1.54) is 17.3 Å². The Morgan fingerprint density at radius 3 is 2.61 bits per heavy atom. The van der Waals surface area contributed by atoms with E-state index >= 15 is 0 Å². The van der Waals surface area contributed by atoms with Crippen LogP contribution in [0.2, 0.25) is 0 Å². The number of guanidine groups is 1. The van der Waals surface area contributed by atoms with Crippen LogP contribution >= 0.6 is 24.0 Å². The van der Waals surface area contributed by atoms with Crippen molar-refractivity contribution >= 4 is 29.9 Å². The number of nitrogens with one attached hydrogen (secondary N) is 2. The molecule has 0 amide bonds. The molecule has 0 spiro atoms. The average molecular weight is 503 g/mol. The molecule has 0 radical (unpaired) electrons. The maximum Gasteiger partial charge on any atom is 0.191 e. The zero-order valence-corrected chi connectivity index (χ0v) is 19.8. The van der Waals surface area contributed by atoms with Gasteiger partial charge in [0.15, 0.2) is 17.5 Å². The van der Waals surface area contributed by atoms with Gasteiger partial charge in [-0.3, -0.25) is 9.67 Å². The Balaban J connectivity index is 0.00000392. The lowest BCUT2D eigenvalue weighted by atomic mass is 10.1. The predicted octanol–water partition coefficient (Wildman–Crippen LogP) is 3.49. The van der Waals surface area contributed by atoms with E-state index in [2.05, 4.69) is 34.6 Å². The Morgan fingerprint density at radius 2 is 2.07 bits per heavy atom. The molecule has 2 aromatic rings. The molecule has 0 aliphatic carbocycles. The van der Waals surface area contributed by atoms with Crippen LogP contribution in [-0.4, -0.2) is 35.4 Å². The van der Waals surface area contributed by atoms with Crippen LogP contribution in [0.15, 0.2) is 23.2 Å². The van der Waals surface area contributed by atoms with Crippen molar-refractivity contribution in [2.75, 3.05) is 13.7 Å². The fourth-order valence-electron chi connectivity index (χ4n) is 3.01. The zero-order valence-electron chi connectivity index (χ0n) is 17.5. The monoisotopic (exact) mass is 503 g/mol. The van der Waals surface area contributed by atoms with Gasteiger partial charge < -0.3 is 15.4 Å². The Morgan fingerprint density at radius 1 is 1.36 bits per heavy atom. The minimum atomic E-state index is -0.352. The smallest absolute Gasteiger partial charge is 0.191 e. The summed E-state index contributed by atoms with van der Waals surface area (Å²) in [5.41, 5.74) is 4.30. The van der Waals surface area contributed by atoms with E-state index in [1.54, 1.807) is 13.1 Å². The first kappa shape index (κ1) is 24.2. The number of aryl methyl sites for hydroxylation is 2. The minimum absolute atomic E-state index is 0. The van der Waals surface area contributed by atoms with Crippen molar-refractivity contribution in [2.45, 2.75) is 46.7 Å². The van der Waals surface area contributed by atoms with Crippen LogP contribution in [0.5, 0.6) is 5.75 Å². The lowest BCUT2D eigenvalue weighted by molar-refractivity contribution is 0.321. The highest BCUT2D eigenvalue weighted by Gasteiger charge is 2.14. The first-order valence-electron chi connectivity index (χ1n) is 9.23. The van der Waals surface area contributed by atoms with Gasteiger partial charge in [0.2, 0.25) is 0 Å². The van der Waals surface area contributed by atoms with Gasteiger partial charge in [-0.05, 0) is 57.4 Å². The number of rotatable bonds is 7. The third-order valence-corrected chi connectivity index (χ3v) is 4.53. The Bertz CT molecular complexity index is 806. The zero-order chi connectivity index (χ0) is 20.0. The van der Waals surface area contributed by atoms with Crippen molar-refractivity contribution in [2.24, 2.45) is 12.0 Å². The molecule has 0 fully saturated rings.